The molecular weight excluding hydrogens is 594 g/mol. The van der Waals surface area contributed by atoms with Crippen LogP contribution in [0.1, 0.15) is 34.6 Å². The second kappa shape index (κ2) is 12.0. The molecule has 1 fully saturated rings. The molecule has 3 N–H and O–H groups in total. The molecule has 1 aliphatic rings. The van der Waals surface area contributed by atoms with Crippen molar-refractivity contribution in [2.45, 2.75) is 38.8 Å². The lowest BCUT2D eigenvalue weighted by molar-refractivity contribution is -0.192. The molecule has 1 aromatic heterocycles. The van der Waals surface area contributed by atoms with Gasteiger partial charge in [-0.1, -0.05) is 24.3 Å². The van der Waals surface area contributed by atoms with Gasteiger partial charge in [-0.25, -0.2) is 36.5 Å². The Bertz CT molecular complexity index is 1670. The van der Waals surface area contributed by atoms with Gasteiger partial charge >= 0.3 is 18.1 Å². The van der Waals surface area contributed by atoms with Gasteiger partial charge in [0.25, 0.3) is 0 Å². The van der Waals surface area contributed by atoms with Crippen LogP contribution in [0.3, 0.4) is 0 Å². The van der Waals surface area contributed by atoms with E-state index in [0.29, 0.717) is 30.9 Å². The van der Waals surface area contributed by atoms with Gasteiger partial charge in [-0.3, -0.25) is 4.90 Å². The maximum atomic E-state index is 15.2. The molecule has 1 unspecified atom stereocenters. The molecule has 7 nitrogen and oxygen atoms in total. The average molecular weight is 615 g/mol. The van der Waals surface area contributed by atoms with E-state index in [-0.39, 0.29) is 27.7 Å². The average Bonchev–Trinajstić information content (AvgIpc) is 3.51. The zero-order chi connectivity index (χ0) is 31.8. The molecule has 1 saturated heterocycles. The first kappa shape index (κ1) is 31.4. The monoisotopic (exact) mass is 615 g/mol. The number of carboxylic acid groups (broad SMARTS) is 2. The number of benzene rings is 3. The fourth-order valence-electron chi connectivity index (χ4n) is 4.66. The number of likely N-dealkylation sites (tertiary alicyclic amines) is 1. The number of fused-ring (bicyclic) bond motifs is 1. The minimum absolute atomic E-state index is 0.0511. The molecule has 43 heavy (non-hydrogen) atoms. The standard InChI is InChI=1S/C26H20F5N3O2.C2HF3O2/c1-12-32-17-10-15(9-16(26(35)36)25(17)33-12)20-23(30)21(28)19(22(29)24(20)31)14-6-4-13(5-7-14)11-34-8-2-3-18(34)27;3-2(4,5)1(6)7/h4-7,9-10,18H,2-3,8,11H2,1H3,(H,32,33)(H,35,36);(H,6,7). The van der Waals surface area contributed by atoms with Gasteiger partial charge in [0.1, 0.15) is 11.3 Å². The highest BCUT2D eigenvalue weighted by atomic mass is 19.4. The highest BCUT2D eigenvalue weighted by molar-refractivity contribution is 6.03. The molecule has 1 atom stereocenters. The predicted molar refractivity (Wildman–Crippen MR) is 137 cm³/mol. The Kier molecular flexibility index (Phi) is 8.76. The second-order valence-electron chi connectivity index (χ2n) is 9.60. The number of nitrogens with zero attached hydrogens (tertiary/aromatic N) is 2. The largest absolute Gasteiger partial charge is 0.490 e. The van der Waals surface area contributed by atoms with E-state index in [9.17, 15) is 27.5 Å². The lowest BCUT2D eigenvalue weighted by atomic mass is 9.95. The smallest absolute Gasteiger partial charge is 0.478 e. The molecule has 0 radical (unpaired) electrons. The summed E-state index contributed by atoms with van der Waals surface area (Å²) >= 11 is 0. The Morgan fingerprint density at radius 2 is 1.49 bits per heavy atom. The number of aromatic carboxylic acids is 1. The van der Waals surface area contributed by atoms with E-state index in [0.717, 1.165) is 12.5 Å². The summed E-state index contributed by atoms with van der Waals surface area (Å²) in [6.07, 6.45) is -4.95. The molecule has 0 amide bonds. The van der Waals surface area contributed by atoms with Crippen molar-refractivity contribution < 1.29 is 54.9 Å². The van der Waals surface area contributed by atoms with E-state index in [1.54, 1.807) is 11.8 Å². The summed E-state index contributed by atoms with van der Waals surface area (Å²) in [5.41, 5.74) is -1.85. The summed E-state index contributed by atoms with van der Waals surface area (Å²) in [5, 5.41) is 16.6. The molecule has 4 aromatic rings. The van der Waals surface area contributed by atoms with Gasteiger partial charge in [-0.15, -0.1) is 0 Å². The van der Waals surface area contributed by atoms with E-state index < -0.39 is 58.8 Å². The Morgan fingerprint density at radius 3 is 1.95 bits per heavy atom. The van der Waals surface area contributed by atoms with Crippen LogP contribution in [0.2, 0.25) is 0 Å². The molecule has 228 valence electrons. The summed E-state index contributed by atoms with van der Waals surface area (Å²) in [7, 11) is 0. The molecule has 1 aliphatic heterocycles. The van der Waals surface area contributed by atoms with Crippen molar-refractivity contribution in [1.29, 1.82) is 0 Å². The van der Waals surface area contributed by atoms with E-state index in [2.05, 4.69) is 9.97 Å². The maximum Gasteiger partial charge on any atom is 0.490 e. The second-order valence-corrected chi connectivity index (χ2v) is 9.60. The minimum atomic E-state index is -5.08. The molecular formula is C28H21F8N3O4. The number of aromatic nitrogens is 2. The maximum absolute atomic E-state index is 15.2. The number of nitrogens with one attached hydrogen (secondary N) is 1. The SMILES string of the molecule is Cc1nc2c(C(=O)O)cc(-c3c(F)c(F)c(-c4ccc(CN5CCCC5F)cc4)c(F)c3F)cc2[nH]1.O=C(O)C(F)(F)F. The predicted octanol–water partition coefficient (Wildman–Crippen LogP) is 6.98. The fourth-order valence-corrected chi connectivity index (χ4v) is 4.66. The van der Waals surface area contributed by atoms with Crippen molar-refractivity contribution in [2.75, 3.05) is 6.54 Å². The summed E-state index contributed by atoms with van der Waals surface area (Å²) in [5.74, 6) is -10.4. The van der Waals surface area contributed by atoms with Gasteiger partial charge in [0.05, 0.1) is 22.2 Å². The number of rotatable bonds is 5. The first-order valence-corrected chi connectivity index (χ1v) is 12.5. The first-order chi connectivity index (χ1) is 20.1. The summed E-state index contributed by atoms with van der Waals surface area (Å²) in [6.45, 7) is 2.46. The number of aliphatic carboxylic acids is 1. The van der Waals surface area contributed by atoms with Crippen molar-refractivity contribution in [2.24, 2.45) is 0 Å². The van der Waals surface area contributed by atoms with Crippen molar-refractivity contribution >= 4 is 23.0 Å². The molecule has 5 rings (SSSR count). The van der Waals surface area contributed by atoms with Crippen molar-refractivity contribution in [1.82, 2.24) is 14.9 Å². The number of hydrogen-bond acceptors (Lipinski definition) is 4. The molecule has 15 heteroatoms. The molecule has 2 heterocycles. The molecule has 0 bridgehead atoms. The van der Waals surface area contributed by atoms with Crippen LogP contribution in [0.4, 0.5) is 35.1 Å². The number of hydrogen-bond donors (Lipinski definition) is 3. The van der Waals surface area contributed by atoms with Gasteiger partial charge in [-0.2, -0.15) is 13.2 Å². The van der Waals surface area contributed by atoms with Crippen LogP contribution in [-0.4, -0.2) is 56.0 Å². The van der Waals surface area contributed by atoms with Gasteiger partial charge in [0, 0.05) is 13.1 Å². The Labute approximate surface area is 237 Å². The fraction of sp³-hybridized carbons (Fsp3) is 0.250. The van der Waals surface area contributed by atoms with E-state index in [1.807, 2.05) is 0 Å². The van der Waals surface area contributed by atoms with Crippen LogP contribution in [0.15, 0.2) is 36.4 Å². The number of alkyl halides is 4. The third-order valence-electron chi connectivity index (χ3n) is 6.64. The van der Waals surface area contributed by atoms with Crippen LogP contribution in [0.25, 0.3) is 33.3 Å². The third kappa shape index (κ3) is 6.45. The molecule has 3 aromatic carbocycles. The highest BCUT2D eigenvalue weighted by Gasteiger charge is 2.38. The first-order valence-electron chi connectivity index (χ1n) is 12.5. The Morgan fingerprint density at radius 1 is 0.953 bits per heavy atom. The number of aryl methyl sites for hydroxylation is 1. The zero-order valence-electron chi connectivity index (χ0n) is 22.0. The number of aromatic amines is 1. The van der Waals surface area contributed by atoms with E-state index >= 15 is 17.6 Å². The zero-order valence-corrected chi connectivity index (χ0v) is 22.0. The third-order valence-corrected chi connectivity index (χ3v) is 6.64. The van der Waals surface area contributed by atoms with Gasteiger partial charge in [0.2, 0.25) is 0 Å². The van der Waals surface area contributed by atoms with Gasteiger partial charge in [-0.05, 0) is 48.6 Å². The van der Waals surface area contributed by atoms with Crippen LogP contribution in [-0.2, 0) is 11.3 Å². The lowest BCUT2D eigenvalue weighted by Gasteiger charge is -2.18. The molecule has 0 saturated carbocycles. The van der Waals surface area contributed by atoms with Crippen molar-refractivity contribution in [3.63, 3.8) is 0 Å². The van der Waals surface area contributed by atoms with Gasteiger partial charge < -0.3 is 15.2 Å². The topological polar surface area (TPSA) is 107 Å². The van der Waals surface area contributed by atoms with Crippen LogP contribution < -0.4 is 0 Å². The minimum Gasteiger partial charge on any atom is -0.478 e. The molecule has 0 aliphatic carbocycles. The number of H-pyrrole nitrogens is 1. The van der Waals surface area contributed by atoms with E-state index in [4.69, 9.17) is 9.90 Å². The quantitative estimate of drug-likeness (QED) is 0.127. The number of imidazole rings is 1. The van der Waals surface area contributed by atoms with Crippen LogP contribution >= 0.6 is 0 Å². The molecule has 0 spiro atoms. The van der Waals surface area contributed by atoms with Crippen LogP contribution in [0.5, 0.6) is 0 Å². The van der Waals surface area contributed by atoms with Crippen molar-refractivity contribution in [3.8, 4) is 22.3 Å². The number of carboxylic acids is 2. The van der Waals surface area contributed by atoms with Crippen LogP contribution in [0, 0.1) is 30.2 Å². The number of carbonyl (C=O) groups is 2. The number of halogens is 8. The summed E-state index contributed by atoms with van der Waals surface area (Å²) < 4.78 is 106. The summed E-state index contributed by atoms with van der Waals surface area (Å²) in [6, 6.07) is 7.80. The highest BCUT2D eigenvalue weighted by Crippen LogP contribution is 2.38. The van der Waals surface area contributed by atoms with Crippen molar-refractivity contribution in [3.05, 3.63) is 76.6 Å². The Balaban J connectivity index is 0.000000541. The van der Waals surface area contributed by atoms with Gasteiger partial charge in [0.15, 0.2) is 29.6 Å². The van der Waals surface area contributed by atoms with E-state index in [1.165, 1.54) is 30.3 Å². The summed E-state index contributed by atoms with van der Waals surface area (Å²) in [4.78, 5) is 29.0. The Hall–Kier alpha value is -4.53. The lowest BCUT2D eigenvalue weighted by Crippen LogP contribution is -2.25. The normalized spacial score (nSPS) is 15.4.